The third-order valence-corrected chi connectivity index (χ3v) is 4.82. The molecule has 152 valence electrons. The molecule has 0 radical (unpaired) electrons. The Morgan fingerprint density at radius 2 is 1.67 bits per heavy atom. The Bertz CT molecular complexity index is 1150. The van der Waals surface area contributed by atoms with Crippen molar-refractivity contribution in [2.45, 2.75) is 19.4 Å². The molecule has 3 aromatic carbocycles. The van der Waals surface area contributed by atoms with Gasteiger partial charge in [0, 0.05) is 35.2 Å². The van der Waals surface area contributed by atoms with Crippen LogP contribution in [-0.4, -0.2) is 22.7 Å². The van der Waals surface area contributed by atoms with Crippen molar-refractivity contribution >= 4 is 44.8 Å². The first-order valence-electron chi connectivity index (χ1n) is 9.83. The van der Waals surface area contributed by atoms with Gasteiger partial charge in [-0.2, -0.15) is 0 Å². The molecule has 0 aliphatic heterocycles. The summed E-state index contributed by atoms with van der Waals surface area (Å²) in [4.78, 5) is 15.4. The second-order valence-electron chi connectivity index (χ2n) is 7.16. The molecule has 4 N–H and O–H groups in total. The number of nitrogens with zero attached hydrogens (tertiary/aromatic N) is 1. The number of rotatable bonds is 8. The van der Waals surface area contributed by atoms with Gasteiger partial charge in [0.05, 0.1) is 23.3 Å². The highest BCUT2D eigenvalue weighted by molar-refractivity contribution is 6.08. The molecular weight excluding hydrogens is 378 g/mol. The Kier molecular flexibility index (Phi) is 5.77. The van der Waals surface area contributed by atoms with Crippen molar-refractivity contribution in [1.29, 1.82) is 0 Å². The molecule has 0 atom stereocenters. The van der Waals surface area contributed by atoms with Gasteiger partial charge in [0.1, 0.15) is 0 Å². The number of fused-ring (bicyclic) bond motifs is 2. The van der Waals surface area contributed by atoms with E-state index < -0.39 is 5.97 Å². The largest absolute Gasteiger partial charge is 0.481 e. The average molecular weight is 401 g/mol. The van der Waals surface area contributed by atoms with Gasteiger partial charge >= 0.3 is 5.97 Å². The molecule has 4 rings (SSSR count). The molecule has 30 heavy (non-hydrogen) atoms. The average Bonchev–Trinajstić information content (AvgIpc) is 2.73. The van der Waals surface area contributed by atoms with Crippen molar-refractivity contribution in [2.75, 3.05) is 17.7 Å². The first-order valence-corrected chi connectivity index (χ1v) is 9.83. The minimum Gasteiger partial charge on any atom is -0.481 e. The molecule has 6 heteroatoms. The number of carboxylic acids is 1. The number of hydrogen-bond acceptors (Lipinski definition) is 5. The third kappa shape index (κ3) is 4.50. The van der Waals surface area contributed by atoms with Gasteiger partial charge < -0.3 is 20.9 Å². The van der Waals surface area contributed by atoms with Crippen molar-refractivity contribution in [3.8, 4) is 0 Å². The number of nitrogens with two attached hydrogens (primary N) is 1. The highest BCUT2D eigenvalue weighted by atomic mass is 16.5. The summed E-state index contributed by atoms with van der Waals surface area (Å²) < 4.78 is 5.61. The second-order valence-corrected chi connectivity index (χ2v) is 7.16. The summed E-state index contributed by atoms with van der Waals surface area (Å²) >= 11 is 0. The van der Waals surface area contributed by atoms with Crippen LogP contribution >= 0.6 is 0 Å². The summed E-state index contributed by atoms with van der Waals surface area (Å²) in [6.45, 7) is 0.765. The SMILES string of the molecule is Nc1cc(COCCCC(=O)O)cc(Nc2c3ccccc3nc3ccccc23)c1. The van der Waals surface area contributed by atoms with Gasteiger partial charge in [0.15, 0.2) is 0 Å². The lowest BCUT2D eigenvalue weighted by Gasteiger charge is -2.15. The van der Waals surface area contributed by atoms with E-state index in [2.05, 4.69) is 17.4 Å². The summed E-state index contributed by atoms with van der Waals surface area (Å²) in [7, 11) is 0. The van der Waals surface area contributed by atoms with Crippen LogP contribution < -0.4 is 11.1 Å². The smallest absolute Gasteiger partial charge is 0.303 e. The number of anilines is 3. The quantitative estimate of drug-likeness (QED) is 0.216. The minimum atomic E-state index is -0.814. The zero-order valence-electron chi connectivity index (χ0n) is 16.5. The van der Waals surface area contributed by atoms with Crippen LogP contribution in [0.5, 0.6) is 0 Å². The number of carboxylic acid groups (broad SMARTS) is 1. The molecule has 4 aromatic rings. The number of hydrogen-bond donors (Lipinski definition) is 3. The fraction of sp³-hybridized carbons (Fsp3) is 0.167. The maximum Gasteiger partial charge on any atom is 0.303 e. The number of ether oxygens (including phenoxy) is 1. The zero-order valence-corrected chi connectivity index (χ0v) is 16.5. The van der Waals surface area contributed by atoms with Crippen molar-refractivity contribution in [2.24, 2.45) is 0 Å². The number of para-hydroxylation sites is 2. The number of nitrogens with one attached hydrogen (secondary N) is 1. The summed E-state index contributed by atoms with van der Waals surface area (Å²) in [5.74, 6) is -0.814. The van der Waals surface area contributed by atoms with E-state index in [1.54, 1.807) is 0 Å². The fourth-order valence-corrected chi connectivity index (χ4v) is 3.51. The van der Waals surface area contributed by atoms with Crippen molar-refractivity contribution in [3.05, 3.63) is 72.3 Å². The summed E-state index contributed by atoms with van der Waals surface area (Å²) in [6, 6.07) is 21.8. The lowest BCUT2D eigenvalue weighted by molar-refractivity contribution is -0.137. The first-order chi connectivity index (χ1) is 14.6. The number of carbonyl (C=O) groups is 1. The number of pyridine rings is 1. The van der Waals surface area contributed by atoms with Crippen molar-refractivity contribution in [3.63, 3.8) is 0 Å². The van der Waals surface area contributed by atoms with Crippen LogP contribution in [0, 0.1) is 0 Å². The molecule has 0 fully saturated rings. The number of nitrogen functional groups attached to an aromatic ring is 1. The van der Waals surface area contributed by atoms with Crippen LogP contribution in [0.3, 0.4) is 0 Å². The first kappa shape index (κ1) is 19.7. The van der Waals surface area contributed by atoms with Gasteiger partial charge in [-0.25, -0.2) is 4.98 Å². The van der Waals surface area contributed by atoms with Crippen LogP contribution in [-0.2, 0) is 16.1 Å². The highest BCUT2D eigenvalue weighted by Crippen LogP contribution is 2.33. The standard InChI is InChI=1S/C24H23N3O3/c25-17-12-16(15-30-11-5-10-23(28)29)13-18(14-17)26-24-19-6-1-3-8-21(19)27-22-9-4-2-7-20(22)24/h1-4,6-9,12-14H,5,10-11,15,25H2,(H,26,27)(H,28,29). The van der Waals surface area contributed by atoms with Gasteiger partial charge in [0.25, 0.3) is 0 Å². The minimum absolute atomic E-state index is 0.103. The summed E-state index contributed by atoms with van der Waals surface area (Å²) in [6.07, 6.45) is 0.587. The van der Waals surface area contributed by atoms with E-state index in [4.69, 9.17) is 20.6 Å². The summed E-state index contributed by atoms with van der Waals surface area (Å²) in [5, 5.41) is 14.3. The lowest BCUT2D eigenvalue weighted by atomic mass is 10.1. The second kappa shape index (κ2) is 8.80. The maximum atomic E-state index is 10.6. The maximum absolute atomic E-state index is 10.6. The van der Waals surface area contributed by atoms with Crippen LogP contribution in [0.1, 0.15) is 18.4 Å². The molecule has 0 unspecified atom stereocenters. The van der Waals surface area contributed by atoms with Crippen LogP contribution in [0.2, 0.25) is 0 Å². The van der Waals surface area contributed by atoms with E-state index in [-0.39, 0.29) is 6.42 Å². The van der Waals surface area contributed by atoms with Gasteiger partial charge in [-0.15, -0.1) is 0 Å². The van der Waals surface area contributed by atoms with E-state index in [0.717, 1.165) is 38.7 Å². The van der Waals surface area contributed by atoms with Crippen LogP contribution in [0.25, 0.3) is 21.8 Å². The normalized spacial score (nSPS) is 11.1. The predicted octanol–water partition coefficient (Wildman–Crippen LogP) is 5.10. The Balaban J connectivity index is 1.62. The number of aliphatic carboxylic acids is 1. The van der Waals surface area contributed by atoms with Crippen molar-refractivity contribution in [1.82, 2.24) is 4.98 Å². The van der Waals surface area contributed by atoms with E-state index >= 15 is 0 Å². The fourth-order valence-electron chi connectivity index (χ4n) is 3.51. The van der Waals surface area contributed by atoms with Gasteiger partial charge in [-0.3, -0.25) is 4.79 Å². The predicted molar refractivity (Wildman–Crippen MR) is 120 cm³/mol. The van der Waals surface area contributed by atoms with Crippen LogP contribution in [0.15, 0.2) is 66.7 Å². The zero-order chi connectivity index (χ0) is 20.9. The monoisotopic (exact) mass is 401 g/mol. The molecule has 0 amide bonds. The molecule has 0 saturated carbocycles. The van der Waals surface area contributed by atoms with E-state index in [0.29, 0.717) is 25.3 Å². The van der Waals surface area contributed by atoms with Gasteiger partial charge in [0.2, 0.25) is 0 Å². The third-order valence-electron chi connectivity index (χ3n) is 4.82. The Morgan fingerprint density at radius 3 is 2.33 bits per heavy atom. The molecule has 0 saturated heterocycles. The molecule has 0 bridgehead atoms. The van der Waals surface area contributed by atoms with Gasteiger partial charge in [-0.05, 0) is 42.3 Å². The molecular formula is C24H23N3O3. The Morgan fingerprint density at radius 1 is 1.00 bits per heavy atom. The number of benzene rings is 3. The van der Waals surface area contributed by atoms with E-state index in [1.165, 1.54) is 0 Å². The van der Waals surface area contributed by atoms with Crippen LogP contribution in [0.4, 0.5) is 17.1 Å². The molecule has 1 heterocycles. The van der Waals surface area contributed by atoms with E-state index in [9.17, 15) is 4.79 Å². The topological polar surface area (TPSA) is 97.5 Å². The molecule has 6 nitrogen and oxygen atoms in total. The summed E-state index contributed by atoms with van der Waals surface area (Å²) in [5.41, 5.74) is 11.4. The Hall–Kier alpha value is -3.64. The van der Waals surface area contributed by atoms with Gasteiger partial charge in [-0.1, -0.05) is 36.4 Å². The molecule has 1 aromatic heterocycles. The Labute approximate surface area is 174 Å². The van der Waals surface area contributed by atoms with Crippen molar-refractivity contribution < 1.29 is 14.6 Å². The van der Waals surface area contributed by atoms with E-state index in [1.807, 2.05) is 54.6 Å². The molecule has 0 spiro atoms. The lowest BCUT2D eigenvalue weighted by Crippen LogP contribution is -2.02. The highest BCUT2D eigenvalue weighted by Gasteiger charge is 2.10. The number of aromatic nitrogens is 1. The molecule has 0 aliphatic carbocycles. The molecule has 0 aliphatic rings.